The minimum atomic E-state index is -0.00160. The van der Waals surface area contributed by atoms with E-state index in [9.17, 15) is 0 Å². The van der Waals surface area contributed by atoms with Gasteiger partial charge in [-0.1, -0.05) is 68.4 Å². The quantitative estimate of drug-likeness (QED) is 0.327. The maximum Gasteiger partial charge on any atom is 0.0646 e. The molecule has 1 aliphatic heterocycles. The highest BCUT2D eigenvalue weighted by Crippen LogP contribution is 2.50. The van der Waals surface area contributed by atoms with Gasteiger partial charge in [-0.15, -0.1) is 0 Å². The summed E-state index contributed by atoms with van der Waals surface area (Å²) in [6.45, 7) is 4.64. The van der Waals surface area contributed by atoms with Gasteiger partial charge in [-0.3, -0.25) is 3.11 Å². The number of rotatable bonds is 1. The molecule has 0 N–H and O–H groups in total. The molecule has 1 aliphatic rings. The van der Waals surface area contributed by atoms with Crippen molar-refractivity contribution in [3.8, 4) is 11.1 Å². The number of para-hydroxylation sites is 1. The lowest BCUT2D eigenvalue weighted by Gasteiger charge is -2.39. The number of nitrogens with zero attached hydrogens (tertiary/aromatic N) is 1. The van der Waals surface area contributed by atoms with Gasteiger partial charge in [-0.05, 0) is 40.5 Å². The van der Waals surface area contributed by atoms with E-state index in [1.807, 2.05) is 0 Å². The molecule has 1 heterocycles. The van der Waals surface area contributed by atoms with Crippen molar-refractivity contribution in [2.75, 3.05) is 3.11 Å². The number of benzene rings is 3. The van der Waals surface area contributed by atoms with Crippen LogP contribution in [0.25, 0.3) is 11.1 Å². The van der Waals surface area contributed by atoms with Crippen LogP contribution in [-0.4, -0.2) is 0 Å². The number of fused-ring (bicyclic) bond motifs is 2. The minimum absolute atomic E-state index is 0.00160. The lowest BCUT2D eigenvalue weighted by Crippen LogP contribution is -2.28. The largest absolute Gasteiger partial charge is 0.282 e. The average molecular weight is 411 g/mol. The first kappa shape index (κ1) is 14.8. The van der Waals surface area contributed by atoms with Crippen LogP contribution in [0, 0.1) is 0 Å². The molecule has 0 aliphatic carbocycles. The van der Waals surface area contributed by atoms with Crippen LogP contribution in [-0.2, 0) is 5.41 Å². The maximum absolute atomic E-state index is 2.42. The second-order valence-electron chi connectivity index (χ2n) is 6.52. The van der Waals surface area contributed by atoms with Gasteiger partial charge in [0.15, 0.2) is 0 Å². The molecule has 23 heavy (non-hydrogen) atoms. The minimum Gasteiger partial charge on any atom is -0.282 e. The summed E-state index contributed by atoms with van der Waals surface area (Å²) in [5.41, 5.74) is 7.89. The molecule has 0 radical (unpaired) electrons. The zero-order valence-electron chi connectivity index (χ0n) is 13.3. The van der Waals surface area contributed by atoms with E-state index in [-0.39, 0.29) is 5.41 Å². The fourth-order valence-electron chi connectivity index (χ4n) is 3.47. The molecule has 114 valence electrons. The van der Waals surface area contributed by atoms with Crippen molar-refractivity contribution in [2.24, 2.45) is 0 Å². The Labute approximate surface area is 151 Å². The predicted octanol–water partition coefficient (Wildman–Crippen LogP) is 6.48. The van der Waals surface area contributed by atoms with Crippen molar-refractivity contribution in [3.63, 3.8) is 0 Å². The van der Waals surface area contributed by atoms with E-state index in [1.54, 1.807) is 0 Å². The first-order valence-corrected chi connectivity index (χ1v) is 8.81. The van der Waals surface area contributed by atoms with E-state index in [1.165, 1.54) is 33.6 Å². The smallest absolute Gasteiger partial charge is 0.0646 e. The summed E-state index contributed by atoms with van der Waals surface area (Å²) in [6.07, 6.45) is 0. The van der Waals surface area contributed by atoms with Crippen LogP contribution in [0.5, 0.6) is 0 Å². The lowest BCUT2D eigenvalue weighted by molar-refractivity contribution is 0.636. The number of hydrogen-bond donors (Lipinski definition) is 0. The van der Waals surface area contributed by atoms with Gasteiger partial charge in [0, 0.05) is 5.41 Å². The third kappa shape index (κ3) is 2.27. The first-order chi connectivity index (χ1) is 11.1. The molecule has 0 unspecified atom stereocenters. The van der Waals surface area contributed by atoms with Gasteiger partial charge in [0.2, 0.25) is 0 Å². The Morgan fingerprint density at radius 1 is 0.696 bits per heavy atom. The molecule has 0 spiro atoms. The lowest BCUT2D eigenvalue weighted by atomic mass is 9.73. The van der Waals surface area contributed by atoms with E-state index in [4.69, 9.17) is 0 Å². The van der Waals surface area contributed by atoms with Crippen molar-refractivity contribution in [1.29, 1.82) is 0 Å². The van der Waals surface area contributed by atoms with Gasteiger partial charge in [0.25, 0.3) is 0 Å². The van der Waals surface area contributed by atoms with Crippen LogP contribution in [0.2, 0.25) is 0 Å². The normalized spacial score (nSPS) is 15.0. The topological polar surface area (TPSA) is 3.24 Å². The van der Waals surface area contributed by atoms with Crippen LogP contribution < -0.4 is 3.11 Å². The molecule has 4 rings (SSSR count). The monoisotopic (exact) mass is 411 g/mol. The van der Waals surface area contributed by atoms with E-state index in [0.29, 0.717) is 0 Å². The second-order valence-corrected chi connectivity index (χ2v) is 7.49. The van der Waals surface area contributed by atoms with Gasteiger partial charge < -0.3 is 0 Å². The maximum atomic E-state index is 2.42. The Balaban J connectivity index is 1.93. The van der Waals surface area contributed by atoms with Gasteiger partial charge in [0.05, 0.1) is 34.2 Å². The third-order valence-corrected chi connectivity index (χ3v) is 5.82. The highest BCUT2D eigenvalue weighted by atomic mass is 127. The highest BCUT2D eigenvalue weighted by Gasteiger charge is 2.35. The van der Waals surface area contributed by atoms with Gasteiger partial charge >= 0.3 is 0 Å². The fraction of sp³-hybridized carbons (Fsp3) is 0.143. The summed E-state index contributed by atoms with van der Waals surface area (Å²) in [6, 6.07) is 26.1. The molecular formula is C21H18IN. The van der Waals surface area contributed by atoms with Gasteiger partial charge in [-0.25, -0.2) is 0 Å². The molecule has 0 amide bonds. The summed E-state index contributed by atoms with van der Waals surface area (Å²) >= 11 is 2.42. The molecule has 0 aromatic heterocycles. The van der Waals surface area contributed by atoms with Crippen LogP contribution in [0.15, 0.2) is 72.8 Å². The van der Waals surface area contributed by atoms with Crippen molar-refractivity contribution < 1.29 is 0 Å². The Kier molecular flexibility index (Phi) is 3.45. The summed E-state index contributed by atoms with van der Waals surface area (Å²) in [7, 11) is 0. The zero-order chi connectivity index (χ0) is 16.0. The molecule has 2 heteroatoms. The molecule has 0 atom stereocenters. The Bertz CT molecular complexity index is 868. The fourth-order valence-corrected chi connectivity index (χ4v) is 4.31. The van der Waals surface area contributed by atoms with Crippen LogP contribution in [0.4, 0.5) is 11.4 Å². The molecule has 3 aromatic rings. The van der Waals surface area contributed by atoms with Crippen molar-refractivity contribution >= 4 is 34.2 Å². The SMILES string of the molecule is CC1(C)c2ccccc2N(I)c2ccc(-c3ccccc3)cc21. The molecule has 0 saturated carbocycles. The van der Waals surface area contributed by atoms with E-state index in [0.717, 1.165) is 0 Å². The zero-order valence-corrected chi connectivity index (χ0v) is 15.4. The van der Waals surface area contributed by atoms with Crippen molar-refractivity contribution in [3.05, 3.63) is 83.9 Å². The molecule has 1 nitrogen and oxygen atoms in total. The third-order valence-electron chi connectivity index (χ3n) is 4.78. The second kappa shape index (κ2) is 5.38. The van der Waals surface area contributed by atoms with Crippen LogP contribution in [0.1, 0.15) is 25.0 Å². The highest BCUT2D eigenvalue weighted by molar-refractivity contribution is 14.1. The van der Waals surface area contributed by atoms with E-state index in [2.05, 4.69) is 113 Å². The summed E-state index contributed by atoms with van der Waals surface area (Å²) < 4.78 is 2.28. The predicted molar refractivity (Wildman–Crippen MR) is 107 cm³/mol. The molecule has 0 bridgehead atoms. The summed E-state index contributed by atoms with van der Waals surface area (Å²) in [5.74, 6) is 0. The van der Waals surface area contributed by atoms with Gasteiger partial charge in [-0.2, -0.15) is 0 Å². The first-order valence-electron chi connectivity index (χ1n) is 7.84. The standard InChI is InChI=1S/C21H18IN/c1-21(2)17-10-6-7-11-19(17)23(22)20-13-12-16(14-18(20)21)15-8-4-3-5-9-15/h3-14H,1-2H3. The van der Waals surface area contributed by atoms with Gasteiger partial charge in [0.1, 0.15) is 0 Å². The van der Waals surface area contributed by atoms with Crippen molar-refractivity contribution in [2.45, 2.75) is 19.3 Å². The van der Waals surface area contributed by atoms with E-state index >= 15 is 0 Å². The molecular weight excluding hydrogens is 393 g/mol. The Morgan fingerprint density at radius 2 is 1.35 bits per heavy atom. The summed E-state index contributed by atoms with van der Waals surface area (Å²) in [5, 5.41) is 0. The Morgan fingerprint density at radius 3 is 2.13 bits per heavy atom. The number of halogens is 1. The molecule has 0 saturated heterocycles. The van der Waals surface area contributed by atoms with Crippen LogP contribution >= 0.6 is 22.9 Å². The van der Waals surface area contributed by atoms with Crippen LogP contribution in [0.3, 0.4) is 0 Å². The number of hydrogen-bond acceptors (Lipinski definition) is 1. The average Bonchev–Trinajstić information content (AvgIpc) is 2.60. The molecule has 3 aromatic carbocycles. The Hall–Kier alpha value is -1.81. The summed E-state index contributed by atoms with van der Waals surface area (Å²) in [4.78, 5) is 0. The molecule has 0 fully saturated rings. The number of anilines is 2. The van der Waals surface area contributed by atoms with E-state index < -0.39 is 0 Å². The van der Waals surface area contributed by atoms with Crippen molar-refractivity contribution in [1.82, 2.24) is 0 Å².